The topological polar surface area (TPSA) is 46.2 Å². The van der Waals surface area contributed by atoms with Crippen LogP contribution in [0.15, 0.2) is 47.4 Å². The molecule has 0 saturated heterocycles. The zero-order valence-corrected chi connectivity index (χ0v) is 14.0. The summed E-state index contributed by atoms with van der Waals surface area (Å²) in [7, 11) is -3.73. The molecular weight excluding hydrogens is 313 g/mol. The number of allylic oxidation sites excluding steroid dienone is 1. The minimum atomic E-state index is -3.73. The molecule has 1 aliphatic rings. The molecule has 0 spiro atoms. The maximum Gasteiger partial charge on any atom is 0.261 e. The van der Waals surface area contributed by atoms with Crippen molar-refractivity contribution in [3.63, 3.8) is 0 Å². The highest BCUT2D eigenvalue weighted by Gasteiger charge is 2.29. The van der Waals surface area contributed by atoms with Crippen LogP contribution in [-0.2, 0) is 15.4 Å². The van der Waals surface area contributed by atoms with Gasteiger partial charge in [-0.05, 0) is 36.8 Å². The van der Waals surface area contributed by atoms with Crippen LogP contribution in [0.3, 0.4) is 0 Å². The summed E-state index contributed by atoms with van der Waals surface area (Å²) in [4.78, 5) is 0.153. The molecule has 0 fully saturated rings. The van der Waals surface area contributed by atoms with Crippen molar-refractivity contribution in [2.75, 3.05) is 4.72 Å². The SMILES string of the molecule is Cc1ccc(S(=O)(=O)Nc2cc(F)c3c(c2)C=CC3(C)C)cc1. The van der Waals surface area contributed by atoms with Gasteiger partial charge in [-0.1, -0.05) is 43.7 Å². The third kappa shape index (κ3) is 2.88. The van der Waals surface area contributed by atoms with Crippen LogP contribution in [-0.4, -0.2) is 8.42 Å². The molecule has 2 aromatic rings. The molecule has 0 unspecified atom stereocenters. The second-order valence-electron chi connectivity index (χ2n) is 6.40. The van der Waals surface area contributed by atoms with Gasteiger partial charge in [0.05, 0.1) is 10.6 Å². The van der Waals surface area contributed by atoms with Gasteiger partial charge in [-0.15, -0.1) is 0 Å². The Morgan fingerprint density at radius 2 is 1.74 bits per heavy atom. The van der Waals surface area contributed by atoms with Gasteiger partial charge in [0, 0.05) is 11.0 Å². The summed E-state index contributed by atoms with van der Waals surface area (Å²) in [6, 6.07) is 9.41. The second kappa shape index (κ2) is 5.20. The molecule has 1 N–H and O–H groups in total. The van der Waals surface area contributed by atoms with Crippen molar-refractivity contribution in [1.29, 1.82) is 0 Å². The van der Waals surface area contributed by atoms with Crippen LogP contribution in [0.4, 0.5) is 10.1 Å². The van der Waals surface area contributed by atoms with E-state index in [0.29, 0.717) is 11.1 Å². The number of nitrogens with one attached hydrogen (secondary N) is 1. The van der Waals surface area contributed by atoms with Crippen LogP contribution in [0.5, 0.6) is 0 Å². The van der Waals surface area contributed by atoms with E-state index >= 15 is 0 Å². The lowest BCUT2D eigenvalue weighted by molar-refractivity contribution is 0.565. The Hall–Kier alpha value is -2.14. The molecule has 23 heavy (non-hydrogen) atoms. The highest BCUT2D eigenvalue weighted by Crippen LogP contribution is 2.38. The van der Waals surface area contributed by atoms with Crippen LogP contribution in [0.1, 0.15) is 30.5 Å². The zero-order valence-electron chi connectivity index (χ0n) is 13.2. The van der Waals surface area contributed by atoms with Gasteiger partial charge < -0.3 is 0 Å². The lowest BCUT2D eigenvalue weighted by Crippen LogP contribution is -2.16. The normalized spacial score (nSPS) is 15.5. The highest BCUT2D eigenvalue weighted by atomic mass is 32.2. The number of hydrogen-bond donors (Lipinski definition) is 1. The van der Waals surface area contributed by atoms with E-state index < -0.39 is 15.8 Å². The summed E-state index contributed by atoms with van der Waals surface area (Å²) in [5.41, 5.74) is 2.12. The molecule has 0 aromatic heterocycles. The number of aryl methyl sites for hydroxylation is 1. The van der Waals surface area contributed by atoms with E-state index in [1.807, 2.05) is 32.9 Å². The van der Waals surface area contributed by atoms with Crippen LogP contribution in [0.25, 0.3) is 6.08 Å². The summed E-state index contributed by atoms with van der Waals surface area (Å²) >= 11 is 0. The summed E-state index contributed by atoms with van der Waals surface area (Å²) in [5, 5.41) is 0. The van der Waals surface area contributed by atoms with Crippen LogP contribution in [0.2, 0.25) is 0 Å². The zero-order chi connectivity index (χ0) is 16.8. The quantitative estimate of drug-likeness (QED) is 0.914. The molecule has 0 atom stereocenters. The molecule has 1 aliphatic carbocycles. The lowest BCUT2D eigenvalue weighted by Gasteiger charge is -2.19. The summed E-state index contributed by atoms with van der Waals surface area (Å²) < 4.78 is 41.7. The van der Waals surface area contributed by atoms with E-state index in [9.17, 15) is 12.8 Å². The molecule has 0 radical (unpaired) electrons. The fourth-order valence-corrected chi connectivity index (χ4v) is 3.85. The Morgan fingerprint density at radius 3 is 2.39 bits per heavy atom. The molecule has 3 rings (SSSR count). The number of halogens is 1. The number of hydrogen-bond acceptors (Lipinski definition) is 2. The molecular formula is C18H18FNO2S. The van der Waals surface area contributed by atoms with Gasteiger partial charge in [0.15, 0.2) is 0 Å². The molecule has 0 bridgehead atoms. The predicted molar refractivity (Wildman–Crippen MR) is 90.4 cm³/mol. The Labute approximate surface area is 135 Å². The fourth-order valence-electron chi connectivity index (χ4n) is 2.81. The first-order valence-corrected chi connectivity index (χ1v) is 8.80. The van der Waals surface area contributed by atoms with Crippen molar-refractivity contribution in [3.8, 4) is 0 Å². The van der Waals surface area contributed by atoms with Crippen molar-refractivity contribution in [3.05, 3.63) is 65.0 Å². The summed E-state index contributed by atoms with van der Waals surface area (Å²) in [5.74, 6) is -0.404. The average Bonchev–Trinajstić information content (AvgIpc) is 2.74. The van der Waals surface area contributed by atoms with E-state index in [1.54, 1.807) is 18.2 Å². The maximum absolute atomic E-state index is 14.4. The molecule has 0 saturated carbocycles. The van der Waals surface area contributed by atoms with Gasteiger partial charge >= 0.3 is 0 Å². The second-order valence-corrected chi connectivity index (χ2v) is 8.08. The van der Waals surface area contributed by atoms with E-state index in [4.69, 9.17) is 0 Å². The molecule has 2 aromatic carbocycles. The smallest absolute Gasteiger partial charge is 0.261 e. The first-order valence-electron chi connectivity index (χ1n) is 7.32. The molecule has 0 amide bonds. The van der Waals surface area contributed by atoms with Crippen molar-refractivity contribution in [2.24, 2.45) is 0 Å². The molecule has 0 aliphatic heterocycles. The first-order chi connectivity index (χ1) is 10.7. The van der Waals surface area contributed by atoms with Crippen LogP contribution >= 0.6 is 0 Å². The summed E-state index contributed by atoms with van der Waals surface area (Å²) in [6.07, 6.45) is 3.74. The minimum absolute atomic E-state index is 0.153. The predicted octanol–water partition coefficient (Wildman–Crippen LogP) is 4.24. The Morgan fingerprint density at radius 1 is 1.09 bits per heavy atom. The van der Waals surface area contributed by atoms with E-state index in [2.05, 4.69) is 4.72 Å². The maximum atomic E-state index is 14.4. The van der Waals surface area contributed by atoms with Crippen molar-refractivity contribution in [2.45, 2.75) is 31.1 Å². The van der Waals surface area contributed by atoms with Gasteiger partial charge in [-0.3, -0.25) is 4.72 Å². The Bertz CT molecular complexity index is 897. The van der Waals surface area contributed by atoms with Gasteiger partial charge in [-0.2, -0.15) is 0 Å². The van der Waals surface area contributed by atoms with Gasteiger partial charge in [0.25, 0.3) is 10.0 Å². The third-order valence-electron chi connectivity index (χ3n) is 4.03. The molecule has 0 heterocycles. The van der Waals surface area contributed by atoms with Crippen molar-refractivity contribution < 1.29 is 12.8 Å². The number of rotatable bonds is 3. The van der Waals surface area contributed by atoms with Crippen molar-refractivity contribution >= 4 is 21.8 Å². The summed E-state index contributed by atoms with van der Waals surface area (Å²) in [6.45, 7) is 5.73. The van der Waals surface area contributed by atoms with Gasteiger partial charge in [0.1, 0.15) is 5.82 Å². The van der Waals surface area contributed by atoms with Crippen LogP contribution in [0, 0.1) is 12.7 Å². The number of fused-ring (bicyclic) bond motifs is 1. The van der Waals surface area contributed by atoms with E-state index in [1.165, 1.54) is 18.2 Å². The van der Waals surface area contributed by atoms with E-state index in [-0.39, 0.29) is 16.0 Å². The monoisotopic (exact) mass is 331 g/mol. The first kappa shape index (κ1) is 15.7. The Balaban J connectivity index is 1.97. The average molecular weight is 331 g/mol. The van der Waals surface area contributed by atoms with Gasteiger partial charge in [0.2, 0.25) is 0 Å². The standard InChI is InChI=1S/C18H18FNO2S/c1-12-4-6-15(7-5-12)23(21,22)20-14-10-13-8-9-18(2,3)17(13)16(19)11-14/h4-11,20H,1-3H3. The lowest BCUT2D eigenvalue weighted by atomic mass is 9.86. The third-order valence-corrected chi connectivity index (χ3v) is 5.43. The molecule has 5 heteroatoms. The fraction of sp³-hybridized carbons (Fsp3) is 0.222. The Kier molecular flexibility index (Phi) is 3.56. The number of anilines is 1. The van der Waals surface area contributed by atoms with Crippen molar-refractivity contribution in [1.82, 2.24) is 0 Å². The van der Waals surface area contributed by atoms with Gasteiger partial charge in [-0.25, -0.2) is 12.8 Å². The minimum Gasteiger partial charge on any atom is -0.280 e. The number of benzene rings is 2. The highest BCUT2D eigenvalue weighted by molar-refractivity contribution is 7.92. The largest absolute Gasteiger partial charge is 0.280 e. The van der Waals surface area contributed by atoms with Crippen LogP contribution < -0.4 is 4.72 Å². The number of sulfonamides is 1. The van der Waals surface area contributed by atoms with E-state index in [0.717, 1.165) is 5.56 Å². The molecule has 3 nitrogen and oxygen atoms in total. The molecule has 120 valence electrons.